The molecule has 100 valence electrons. The maximum Gasteiger partial charge on any atom is 0.417 e. The van der Waals surface area contributed by atoms with Gasteiger partial charge in [-0.25, -0.2) is 0 Å². The van der Waals surface area contributed by atoms with E-state index < -0.39 is 17.5 Å². The fourth-order valence-electron chi connectivity index (χ4n) is 1.54. The predicted octanol–water partition coefficient (Wildman–Crippen LogP) is 5.52. The molecule has 19 heavy (non-hydrogen) atoms. The highest BCUT2D eigenvalue weighted by atomic mass is 79.9. The Morgan fingerprint density at radius 1 is 1.11 bits per heavy atom. The van der Waals surface area contributed by atoms with E-state index in [1.54, 1.807) is 5.38 Å². The van der Waals surface area contributed by atoms with Crippen molar-refractivity contribution >= 4 is 49.0 Å². The largest absolute Gasteiger partial charge is 0.417 e. The van der Waals surface area contributed by atoms with Crippen molar-refractivity contribution in [2.75, 3.05) is 0 Å². The fourth-order valence-corrected chi connectivity index (χ4v) is 3.35. The van der Waals surface area contributed by atoms with E-state index >= 15 is 0 Å². The Bertz CT molecular complexity index is 634. The Morgan fingerprint density at radius 2 is 1.79 bits per heavy atom. The van der Waals surface area contributed by atoms with Crippen molar-refractivity contribution in [3.63, 3.8) is 0 Å². The van der Waals surface area contributed by atoms with Crippen LogP contribution in [0.15, 0.2) is 37.9 Å². The maximum atomic E-state index is 12.9. The zero-order valence-electron chi connectivity index (χ0n) is 9.09. The topological polar surface area (TPSA) is 17.1 Å². The van der Waals surface area contributed by atoms with Crippen molar-refractivity contribution < 1.29 is 18.0 Å². The van der Waals surface area contributed by atoms with E-state index in [0.29, 0.717) is 4.47 Å². The van der Waals surface area contributed by atoms with Crippen molar-refractivity contribution in [2.45, 2.75) is 6.18 Å². The van der Waals surface area contributed by atoms with E-state index in [-0.39, 0.29) is 15.6 Å². The number of hydrogen-bond donors (Lipinski definition) is 0. The molecule has 0 aliphatic carbocycles. The molecule has 0 radical (unpaired) electrons. The molecule has 0 spiro atoms. The van der Waals surface area contributed by atoms with Crippen LogP contribution in [0.3, 0.4) is 0 Å². The highest BCUT2D eigenvalue weighted by molar-refractivity contribution is 9.10. The van der Waals surface area contributed by atoms with E-state index in [1.807, 2.05) is 0 Å². The first-order valence-electron chi connectivity index (χ1n) is 4.94. The van der Waals surface area contributed by atoms with Crippen LogP contribution in [-0.2, 0) is 6.18 Å². The number of carbonyl (C=O) groups is 1. The Morgan fingerprint density at radius 3 is 2.32 bits per heavy atom. The molecule has 0 bridgehead atoms. The summed E-state index contributed by atoms with van der Waals surface area (Å²) in [4.78, 5) is 12.2. The molecule has 2 rings (SSSR count). The summed E-state index contributed by atoms with van der Waals surface area (Å²) in [6.45, 7) is 0. The van der Waals surface area contributed by atoms with Gasteiger partial charge in [0.1, 0.15) is 0 Å². The molecule has 7 heteroatoms. The summed E-state index contributed by atoms with van der Waals surface area (Å²) in [5.41, 5.74) is -1.06. The fraction of sp³-hybridized carbons (Fsp3) is 0.0833. The minimum atomic E-state index is -4.57. The van der Waals surface area contributed by atoms with Crippen LogP contribution in [0.25, 0.3) is 0 Å². The molecule has 0 amide bonds. The molecule has 0 unspecified atom stereocenters. The van der Waals surface area contributed by atoms with Gasteiger partial charge in [-0.3, -0.25) is 4.79 Å². The summed E-state index contributed by atoms with van der Waals surface area (Å²) in [5.74, 6) is -0.645. The highest BCUT2D eigenvalue weighted by Crippen LogP contribution is 2.36. The van der Waals surface area contributed by atoms with E-state index in [2.05, 4.69) is 31.9 Å². The maximum absolute atomic E-state index is 12.9. The minimum absolute atomic E-state index is 0.234. The molecular formula is C12H5Br2F3OS. The van der Waals surface area contributed by atoms with Crippen molar-refractivity contribution in [1.29, 1.82) is 0 Å². The average Bonchev–Trinajstić information content (AvgIpc) is 2.73. The quantitative estimate of drug-likeness (QED) is 0.592. The molecular weight excluding hydrogens is 409 g/mol. The van der Waals surface area contributed by atoms with E-state index in [4.69, 9.17) is 0 Å². The van der Waals surface area contributed by atoms with Crippen LogP contribution >= 0.6 is 43.2 Å². The van der Waals surface area contributed by atoms with Gasteiger partial charge in [-0.15, -0.1) is 0 Å². The normalized spacial score (nSPS) is 11.6. The number of ketones is 1. The second-order valence-corrected chi connectivity index (χ2v) is 6.16. The smallest absolute Gasteiger partial charge is 0.289 e. The van der Waals surface area contributed by atoms with Gasteiger partial charge in [0.25, 0.3) is 0 Å². The zero-order valence-corrected chi connectivity index (χ0v) is 13.1. The Kier molecular flexibility index (Phi) is 4.17. The number of halogens is 5. The van der Waals surface area contributed by atoms with E-state index in [9.17, 15) is 18.0 Å². The summed E-state index contributed by atoms with van der Waals surface area (Å²) in [6.07, 6.45) is -4.57. The van der Waals surface area contributed by atoms with Crippen LogP contribution in [0, 0.1) is 0 Å². The summed E-state index contributed by atoms with van der Waals surface area (Å²) < 4.78 is 39.6. The van der Waals surface area contributed by atoms with Crippen LogP contribution in [-0.4, -0.2) is 5.78 Å². The number of hydrogen-bond acceptors (Lipinski definition) is 2. The lowest BCUT2D eigenvalue weighted by atomic mass is 10.00. The second-order valence-electron chi connectivity index (χ2n) is 3.65. The summed E-state index contributed by atoms with van der Waals surface area (Å²) >= 11 is 7.38. The first-order chi connectivity index (χ1) is 8.80. The van der Waals surface area contributed by atoms with Gasteiger partial charge in [0.15, 0.2) is 5.78 Å². The van der Waals surface area contributed by atoms with Crippen molar-refractivity contribution in [3.05, 3.63) is 54.6 Å². The third-order valence-corrected chi connectivity index (χ3v) is 4.59. The van der Waals surface area contributed by atoms with Crippen LogP contribution in [0.1, 0.15) is 21.5 Å². The Balaban J connectivity index is 2.57. The predicted molar refractivity (Wildman–Crippen MR) is 74.6 cm³/mol. The molecule has 0 aliphatic heterocycles. The first-order valence-corrected chi connectivity index (χ1v) is 7.46. The van der Waals surface area contributed by atoms with Gasteiger partial charge in [-0.05, 0) is 34.1 Å². The number of carbonyl (C=O) groups excluding carboxylic acids is 1. The van der Waals surface area contributed by atoms with Gasteiger partial charge in [0.2, 0.25) is 0 Å². The van der Waals surface area contributed by atoms with Gasteiger partial charge in [-0.2, -0.15) is 24.5 Å². The number of rotatable bonds is 2. The lowest BCUT2D eigenvalue weighted by Gasteiger charge is -2.12. The van der Waals surface area contributed by atoms with Crippen molar-refractivity contribution in [1.82, 2.24) is 0 Å². The molecule has 1 aromatic carbocycles. The molecule has 0 N–H and O–H groups in total. The molecule has 0 fully saturated rings. The lowest BCUT2D eigenvalue weighted by Crippen LogP contribution is -2.13. The van der Waals surface area contributed by atoms with Gasteiger partial charge in [0, 0.05) is 30.8 Å². The molecule has 0 saturated carbocycles. The summed E-state index contributed by atoms with van der Waals surface area (Å²) in [7, 11) is 0. The molecule has 1 nitrogen and oxygen atoms in total. The second kappa shape index (κ2) is 5.38. The molecule has 1 heterocycles. The lowest BCUT2D eigenvalue weighted by molar-refractivity contribution is -0.137. The van der Waals surface area contributed by atoms with E-state index in [0.717, 1.165) is 6.07 Å². The van der Waals surface area contributed by atoms with Gasteiger partial charge in [-0.1, -0.05) is 15.9 Å². The van der Waals surface area contributed by atoms with Crippen molar-refractivity contribution in [2.24, 2.45) is 0 Å². The van der Waals surface area contributed by atoms with Crippen LogP contribution in [0.2, 0.25) is 0 Å². The van der Waals surface area contributed by atoms with E-state index in [1.165, 1.54) is 28.8 Å². The standard InChI is InChI=1S/C12H5Br2F3OS/c13-6-1-2-7(9(3-6)12(15,16)17)11(18)8-4-19-5-10(8)14/h1-5H. The number of benzene rings is 1. The minimum Gasteiger partial charge on any atom is -0.289 e. The number of alkyl halides is 3. The highest BCUT2D eigenvalue weighted by Gasteiger charge is 2.35. The Labute approximate surface area is 127 Å². The van der Waals surface area contributed by atoms with Crippen LogP contribution < -0.4 is 0 Å². The molecule has 2 aromatic rings. The third-order valence-electron chi connectivity index (χ3n) is 2.39. The molecule has 0 atom stereocenters. The monoisotopic (exact) mass is 412 g/mol. The van der Waals surface area contributed by atoms with Crippen LogP contribution in [0.4, 0.5) is 13.2 Å². The molecule has 0 saturated heterocycles. The number of thiophene rings is 1. The molecule has 0 aliphatic rings. The third kappa shape index (κ3) is 3.09. The summed E-state index contributed by atoms with van der Waals surface area (Å²) in [5, 5.41) is 3.17. The van der Waals surface area contributed by atoms with Gasteiger partial charge < -0.3 is 0 Å². The van der Waals surface area contributed by atoms with Gasteiger partial charge in [0.05, 0.1) is 5.56 Å². The van der Waals surface area contributed by atoms with Gasteiger partial charge >= 0.3 is 6.18 Å². The molecule has 1 aromatic heterocycles. The first kappa shape index (κ1) is 14.7. The summed E-state index contributed by atoms with van der Waals surface area (Å²) in [6, 6.07) is 3.51. The zero-order chi connectivity index (χ0) is 14.2. The van der Waals surface area contributed by atoms with Crippen molar-refractivity contribution in [3.8, 4) is 0 Å². The SMILES string of the molecule is O=C(c1cscc1Br)c1ccc(Br)cc1C(F)(F)F. The van der Waals surface area contributed by atoms with Crippen LogP contribution in [0.5, 0.6) is 0 Å². The average molecular weight is 414 g/mol. The Hall–Kier alpha value is -0.660.